The molecule has 0 spiro atoms. The fraction of sp³-hybridized carbons (Fsp3) is 0.231. The third-order valence-corrected chi connectivity index (χ3v) is 2.74. The summed E-state index contributed by atoms with van der Waals surface area (Å²) in [5, 5.41) is 9.70. The molecule has 17 heavy (non-hydrogen) atoms. The van der Waals surface area contributed by atoms with E-state index in [1.54, 1.807) is 0 Å². The van der Waals surface area contributed by atoms with Crippen molar-refractivity contribution in [2.75, 3.05) is 5.73 Å². The molecule has 1 aromatic carbocycles. The normalized spacial score (nSPS) is 10.6. The summed E-state index contributed by atoms with van der Waals surface area (Å²) in [5.74, 6) is -1.04. The first kappa shape index (κ1) is 11.4. The number of carboxylic acids is 1. The summed E-state index contributed by atoms with van der Waals surface area (Å²) in [6.07, 6.45) is 3.30. The summed E-state index contributed by atoms with van der Waals surface area (Å²) in [6.45, 7) is 2.10. The van der Waals surface area contributed by atoms with Gasteiger partial charge in [0.25, 0.3) is 0 Å². The highest BCUT2D eigenvalue weighted by molar-refractivity contribution is 6.03. The molecule has 0 aliphatic heterocycles. The zero-order valence-electron chi connectivity index (χ0n) is 9.60. The largest absolute Gasteiger partial charge is 0.478 e. The lowest BCUT2D eigenvalue weighted by Crippen LogP contribution is -2.04. The van der Waals surface area contributed by atoms with E-state index in [1.165, 1.54) is 6.20 Å². The van der Waals surface area contributed by atoms with Crippen LogP contribution in [-0.2, 0) is 6.42 Å². The zero-order valence-corrected chi connectivity index (χ0v) is 9.60. The Balaban J connectivity index is 2.64. The number of rotatable bonds is 3. The van der Waals surface area contributed by atoms with Crippen LogP contribution in [0.2, 0.25) is 0 Å². The van der Waals surface area contributed by atoms with Crippen LogP contribution in [-0.4, -0.2) is 16.1 Å². The van der Waals surface area contributed by atoms with E-state index in [-0.39, 0.29) is 5.56 Å². The Morgan fingerprint density at radius 3 is 2.88 bits per heavy atom. The maximum absolute atomic E-state index is 11.0. The van der Waals surface area contributed by atoms with Crippen LogP contribution in [0, 0.1) is 0 Å². The fourth-order valence-corrected chi connectivity index (χ4v) is 1.87. The van der Waals surface area contributed by atoms with E-state index in [0.717, 1.165) is 29.3 Å². The van der Waals surface area contributed by atoms with Crippen molar-refractivity contribution < 1.29 is 9.90 Å². The van der Waals surface area contributed by atoms with Gasteiger partial charge in [0.15, 0.2) is 0 Å². The SMILES string of the molecule is CCCc1ccc2ncc(C(=O)O)c(N)c2c1. The summed E-state index contributed by atoms with van der Waals surface area (Å²) in [4.78, 5) is 15.1. The predicted molar refractivity (Wildman–Crippen MR) is 67.1 cm³/mol. The minimum absolute atomic E-state index is 0.0612. The Labute approximate surface area is 99.1 Å². The molecular formula is C13H14N2O2. The molecule has 0 saturated carbocycles. The Kier molecular flexibility index (Phi) is 2.95. The van der Waals surface area contributed by atoms with Gasteiger partial charge in [-0.15, -0.1) is 0 Å². The first-order valence-electron chi connectivity index (χ1n) is 5.54. The zero-order chi connectivity index (χ0) is 12.4. The van der Waals surface area contributed by atoms with E-state index in [1.807, 2.05) is 18.2 Å². The molecule has 0 unspecified atom stereocenters. The first-order chi connectivity index (χ1) is 8.13. The Hall–Kier alpha value is -2.10. The number of aryl methyl sites for hydroxylation is 1. The lowest BCUT2D eigenvalue weighted by atomic mass is 10.0. The van der Waals surface area contributed by atoms with Gasteiger partial charge < -0.3 is 10.8 Å². The van der Waals surface area contributed by atoms with Crippen LogP contribution < -0.4 is 5.73 Å². The lowest BCUT2D eigenvalue weighted by molar-refractivity contribution is 0.0698. The monoisotopic (exact) mass is 230 g/mol. The average Bonchev–Trinajstić information content (AvgIpc) is 2.30. The molecule has 0 amide bonds. The number of nitrogen functional groups attached to an aromatic ring is 1. The number of nitrogens with zero attached hydrogens (tertiary/aromatic N) is 1. The van der Waals surface area contributed by atoms with Crippen molar-refractivity contribution in [3.63, 3.8) is 0 Å². The maximum Gasteiger partial charge on any atom is 0.339 e. The molecule has 88 valence electrons. The smallest absolute Gasteiger partial charge is 0.339 e. The standard InChI is InChI=1S/C13H14N2O2/c1-2-3-8-4-5-11-9(6-8)12(14)10(7-15-11)13(16)17/h4-7H,2-3H2,1H3,(H2,14,15)(H,16,17). The van der Waals surface area contributed by atoms with Gasteiger partial charge in [-0.05, 0) is 24.1 Å². The summed E-state index contributed by atoms with van der Waals surface area (Å²) >= 11 is 0. The van der Waals surface area contributed by atoms with Gasteiger partial charge in [0, 0.05) is 11.6 Å². The van der Waals surface area contributed by atoms with Crippen LogP contribution in [0.3, 0.4) is 0 Å². The van der Waals surface area contributed by atoms with Crippen LogP contribution in [0.5, 0.6) is 0 Å². The number of fused-ring (bicyclic) bond motifs is 1. The van der Waals surface area contributed by atoms with Gasteiger partial charge in [-0.25, -0.2) is 4.79 Å². The second kappa shape index (κ2) is 4.41. The molecule has 0 saturated heterocycles. The van der Waals surface area contributed by atoms with Crippen LogP contribution in [0.1, 0.15) is 29.3 Å². The highest BCUT2D eigenvalue weighted by atomic mass is 16.4. The molecular weight excluding hydrogens is 216 g/mol. The van der Waals surface area contributed by atoms with Gasteiger partial charge in [0.2, 0.25) is 0 Å². The van der Waals surface area contributed by atoms with Crippen molar-refractivity contribution in [3.05, 3.63) is 35.5 Å². The third kappa shape index (κ3) is 2.06. The molecule has 4 heteroatoms. The molecule has 2 aromatic rings. The molecule has 0 atom stereocenters. The Bertz CT molecular complexity index is 579. The Morgan fingerprint density at radius 1 is 1.47 bits per heavy atom. The van der Waals surface area contributed by atoms with Crippen molar-refractivity contribution >= 4 is 22.6 Å². The van der Waals surface area contributed by atoms with Crippen molar-refractivity contribution in [2.45, 2.75) is 19.8 Å². The third-order valence-electron chi connectivity index (χ3n) is 2.74. The van der Waals surface area contributed by atoms with E-state index in [2.05, 4.69) is 11.9 Å². The van der Waals surface area contributed by atoms with E-state index in [0.29, 0.717) is 5.69 Å². The predicted octanol–water partition coefficient (Wildman–Crippen LogP) is 2.47. The molecule has 4 nitrogen and oxygen atoms in total. The molecule has 0 aliphatic rings. The van der Waals surface area contributed by atoms with Gasteiger partial charge in [0.1, 0.15) is 5.56 Å². The van der Waals surface area contributed by atoms with Crippen LogP contribution >= 0.6 is 0 Å². The van der Waals surface area contributed by atoms with Gasteiger partial charge >= 0.3 is 5.97 Å². The van der Waals surface area contributed by atoms with E-state index in [9.17, 15) is 4.79 Å². The van der Waals surface area contributed by atoms with Crippen LogP contribution in [0.4, 0.5) is 5.69 Å². The quantitative estimate of drug-likeness (QED) is 0.849. The van der Waals surface area contributed by atoms with Crippen molar-refractivity contribution in [2.24, 2.45) is 0 Å². The number of aromatic nitrogens is 1. The summed E-state index contributed by atoms with van der Waals surface area (Å²) < 4.78 is 0. The summed E-state index contributed by atoms with van der Waals surface area (Å²) in [7, 11) is 0. The average molecular weight is 230 g/mol. The van der Waals surface area contributed by atoms with Crippen molar-refractivity contribution in [1.29, 1.82) is 0 Å². The summed E-state index contributed by atoms with van der Waals surface area (Å²) in [6, 6.07) is 5.80. The number of anilines is 1. The number of nitrogens with two attached hydrogens (primary N) is 1. The summed E-state index contributed by atoms with van der Waals surface area (Å²) in [5.41, 5.74) is 8.10. The van der Waals surface area contributed by atoms with E-state index in [4.69, 9.17) is 10.8 Å². The molecule has 1 heterocycles. The number of benzene rings is 1. The van der Waals surface area contributed by atoms with Crippen molar-refractivity contribution in [3.8, 4) is 0 Å². The van der Waals surface area contributed by atoms with Crippen LogP contribution in [0.15, 0.2) is 24.4 Å². The van der Waals surface area contributed by atoms with E-state index >= 15 is 0 Å². The number of hydrogen-bond donors (Lipinski definition) is 2. The number of carbonyl (C=O) groups is 1. The lowest BCUT2D eigenvalue weighted by Gasteiger charge is -2.07. The topological polar surface area (TPSA) is 76.2 Å². The molecule has 1 aromatic heterocycles. The number of aromatic carboxylic acids is 1. The van der Waals surface area contributed by atoms with Crippen LogP contribution in [0.25, 0.3) is 10.9 Å². The molecule has 0 radical (unpaired) electrons. The number of pyridine rings is 1. The highest BCUT2D eigenvalue weighted by Gasteiger charge is 2.11. The molecule has 0 aliphatic carbocycles. The Morgan fingerprint density at radius 2 is 2.24 bits per heavy atom. The minimum atomic E-state index is -1.04. The van der Waals surface area contributed by atoms with Gasteiger partial charge in [-0.3, -0.25) is 4.98 Å². The van der Waals surface area contributed by atoms with Gasteiger partial charge in [-0.2, -0.15) is 0 Å². The minimum Gasteiger partial charge on any atom is -0.478 e. The van der Waals surface area contributed by atoms with Crippen molar-refractivity contribution in [1.82, 2.24) is 4.98 Å². The second-order valence-corrected chi connectivity index (χ2v) is 3.99. The first-order valence-corrected chi connectivity index (χ1v) is 5.54. The number of hydrogen-bond acceptors (Lipinski definition) is 3. The molecule has 3 N–H and O–H groups in total. The van der Waals surface area contributed by atoms with Gasteiger partial charge in [-0.1, -0.05) is 19.4 Å². The molecule has 0 fully saturated rings. The second-order valence-electron chi connectivity index (χ2n) is 3.99. The molecule has 2 rings (SSSR count). The fourth-order valence-electron chi connectivity index (χ4n) is 1.87. The molecule has 0 bridgehead atoms. The highest BCUT2D eigenvalue weighted by Crippen LogP contribution is 2.24. The van der Waals surface area contributed by atoms with Gasteiger partial charge in [0.05, 0.1) is 11.2 Å². The van der Waals surface area contributed by atoms with E-state index < -0.39 is 5.97 Å². The maximum atomic E-state index is 11.0. The number of carboxylic acid groups (broad SMARTS) is 1.